The first kappa shape index (κ1) is 16.2. The Kier molecular flexibility index (Phi) is 5.57. The van der Waals surface area contributed by atoms with Crippen molar-refractivity contribution in [3.63, 3.8) is 0 Å². The third-order valence-electron chi connectivity index (χ3n) is 3.44. The third-order valence-corrected chi connectivity index (χ3v) is 4.18. The zero-order valence-corrected chi connectivity index (χ0v) is 14.0. The van der Waals surface area contributed by atoms with Crippen molar-refractivity contribution < 1.29 is 0 Å². The number of hydrogen-bond acceptors (Lipinski definition) is 3. The zero-order valence-electron chi connectivity index (χ0n) is 12.5. The van der Waals surface area contributed by atoms with Gasteiger partial charge in [-0.1, -0.05) is 29.3 Å². The summed E-state index contributed by atoms with van der Waals surface area (Å²) in [5.41, 5.74) is 4.38. The van der Waals surface area contributed by atoms with Crippen molar-refractivity contribution in [2.45, 2.75) is 26.7 Å². The highest BCUT2D eigenvalue weighted by Gasteiger charge is 2.09. The van der Waals surface area contributed by atoms with Crippen molar-refractivity contribution in [3.05, 3.63) is 56.6 Å². The number of hydrogen-bond donors (Lipinski definition) is 1. The van der Waals surface area contributed by atoms with Gasteiger partial charge in [-0.25, -0.2) is 9.97 Å². The summed E-state index contributed by atoms with van der Waals surface area (Å²) in [5.74, 6) is 0.816. The Bertz CT molecular complexity index is 618. The second-order valence-corrected chi connectivity index (χ2v) is 5.88. The van der Waals surface area contributed by atoms with E-state index < -0.39 is 0 Å². The maximum absolute atomic E-state index is 6.05. The Balaban J connectivity index is 2.22. The van der Waals surface area contributed by atoms with Gasteiger partial charge in [0, 0.05) is 17.8 Å². The fraction of sp³-hybridized carbons (Fsp3) is 0.375. The molecule has 0 bridgehead atoms. The first-order chi connectivity index (χ1) is 10.0. The van der Waals surface area contributed by atoms with Crippen LogP contribution in [0.2, 0.25) is 10.0 Å². The van der Waals surface area contributed by atoms with E-state index in [9.17, 15) is 0 Å². The second kappa shape index (κ2) is 7.21. The van der Waals surface area contributed by atoms with E-state index in [4.69, 9.17) is 23.2 Å². The Labute approximate surface area is 135 Å². The number of rotatable bonds is 5. The van der Waals surface area contributed by atoms with E-state index in [-0.39, 0.29) is 0 Å². The lowest BCUT2D eigenvalue weighted by Crippen LogP contribution is -2.14. The van der Waals surface area contributed by atoms with E-state index in [1.165, 1.54) is 5.56 Å². The van der Waals surface area contributed by atoms with E-state index in [1.807, 2.05) is 33.0 Å². The van der Waals surface area contributed by atoms with Gasteiger partial charge in [0.15, 0.2) is 0 Å². The van der Waals surface area contributed by atoms with Crippen LogP contribution >= 0.6 is 23.2 Å². The monoisotopic (exact) mass is 323 g/mol. The van der Waals surface area contributed by atoms with Gasteiger partial charge < -0.3 is 5.32 Å². The van der Waals surface area contributed by atoms with Crippen LogP contribution in [-0.2, 0) is 12.8 Å². The number of benzene rings is 1. The standard InChI is InChI=1S/C16H19Cl2N3/c1-10-13(6-7-19-3)11(2)21-16(20-10)9-12-4-5-14(17)15(18)8-12/h4-5,8,19H,6-7,9H2,1-3H3. The van der Waals surface area contributed by atoms with Crippen molar-refractivity contribution in [3.8, 4) is 0 Å². The van der Waals surface area contributed by atoms with Gasteiger partial charge >= 0.3 is 0 Å². The maximum Gasteiger partial charge on any atom is 0.133 e. The lowest BCUT2D eigenvalue weighted by atomic mass is 10.1. The number of nitrogens with one attached hydrogen (secondary N) is 1. The summed E-state index contributed by atoms with van der Waals surface area (Å²) in [6.45, 7) is 5.01. The molecule has 0 aliphatic heterocycles. The average molecular weight is 324 g/mol. The van der Waals surface area contributed by atoms with Crippen LogP contribution in [0.3, 0.4) is 0 Å². The minimum Gasteiger partial charge on any atom is -0.319 e. The van der Waals surface area contributed by atoms with Gasteiger partial charge in [0.1, 0.15) is 5.82 Å². The van der Waals surface area contributed by atoms with Gasteiger partial charge in [0.2, 0.25) is 0 Å². The number of halogens is 2. The fourth-order valence-corrected chi connectivity index (χ4v) is 2.65. The molecule has 0 saturated heterocycles. The van der Waals surface area contributed by atoms with Crippen LogP contribution in [0, 0.1) is 13.8 Å². The molecule has 2 rings (SSSR count). The van der Waals surface area contributed by atoms with Crippen LogP contribution in [0.15, 0.2) is 18.2 Å². The summed E-state index contributed by atoms with van der Waals surface area (Å²) in [4.78, 5) is 9.24. The molecule has 5 heteroatoms. The number of likely N-dealkylation sites (N-methyl/N-ethyl adjacent to an activating group) is 1. The van der Waals surface area contributed by atoms with Crippen LogP contribution < -0.4 is 5.32 Å². The SMILES string of the molecule is CNCCc1c(C)nc(Cc2ccc(Cl)c(Cl)c2)nc1C. The average Bonchev–Trinajstić information content (AvgIpc) is 2.42. The molecule has 1 aromatic carbocycles. The Morgan fingerprint density at radius 1 is 1.05 bits per heavy atom. The van der Waals surface area contributed by atoms with Crippen molar-refractivity contribution in [1.29, 1.82) is 0 Å². The smallest absolute Gasteiger partial charge is 0.133 e. The Morgan fingerprint density at radius 2 is 1.71 bits per heavy atom. The summed E-state index contributed by atoms with van der Waals surface area (Å²) in [6.07, 6.45) is 1.60. The molecule has 2 aromatic rings. The minimum absolute atomic E-state index is 0.563. The summed E-state index contributed by atoms with van der Waals surface area (Å²) in [6, 6.07) is 5.63. The van der Waals surface area contributed by atoms with E-state index >= 15 is 0 Å². The highest BCUT2D eigenvalue weighted by Crippen LogP contribution is 2.23. The highest BCUT2D eigenvalue weighted by molar-refractivity contribution is 6.42. The van der Waals surface area contributed by atoms with Crippen LogP contribution in [0.25, 0.3) is 0 Å². The zero-order chi connectivity index (χ0) is 15.4. The normalized spacial score (nSPS) is 10.9. The van der Waals surface area contributed by atoms with Crippen LogP contribution in [0.4, 0.5) is 0 Å². The van der Waals surface area contributed by atoms with Crippen LogP contribution in [0.1, 0.15) is 28.3 Å². The maximum atomic E-state index is 6.05. The van der Waals surface area contributed by atoms with Gasteiger partial charge in [-0.2, -0.15) is 0 Å². The van der Waals surface area contributed by atoms with Crippen LogP contribution in [-0.4, -0.2) is 23.6 Å². The molecule has 0 aliphatic carbocycles. The molecule has 0 atom stereocenters. The minimum atomic E-state index is 0.563. The van der Waals surface area contributed by atoms with Gasteiger partial charge in [0.05, 0.1) is 10.0 Å². The van der Waals surface area contributed by atoms with Gasteiger partial charge in [-0.15, -0.1) is 0 Å². The van der Waals surface area contributed by atoms with Crippen molar-refractivity contribution in [1.82, 2.24) is 15.3 Å². The van der Waals surface area contributed by atoms with Gasteiger partial charge in [-0.3, -0.25) is 0 Å². The van der Waals surface area contributed by atoms with E-state index in [2.05, 4.69) is 15.3 Å². The molecule has 0 saturated carbocycles. The lowest BCUT2D eigenvalue weighted by Gasteiger charge is -2.11. The molecule has 1 N–H and O–H groups in total. The highest BCUT2D eigenvalue weighted by atomic mass is 35.5. The molecule has 0 fully saturated rings. The largest absolute Gasteiger partial charge is 0.319 e. The summed E-state index contributed by atoms with van der Waals surface area (Å²) in [7, 11) is 1.95. The predicted molar refractivity (Wildman–Crippen MR) is 88.4 cm³/mol. The molecule has 0 radical (unpaired) electrons. The van der Waals surface area contributed by atoms with Crippen LogP contribution in [0.5, 0.6) is 0 Å². The summed E-state index contributed by atoms with van der Waals surface area (Å²) < 4.78 is 0. The van der Waals surface area contributed by atoms with Crippen molar-refractivity contribution in [2.75, 3.05) is 13.6 Å². The lowest BCUT2D eigenvalue weighted by molar-refractivity contribution is 0.766. The van der Waals surface area contributed by atoms with Crippen molar-refractivity contribution >= 4 is 23.2 Å². The van der Waals surface area contributed by atoms with Crippen molar-refractivity contribution in [2.24, 2.45) is 0 Å². The number of aromatic nitrogens is 2. The molecule has 1 aromatic heterocycles. The molecule has 0 spiro atoms. The number of nitrogens with zero attached hydrogens (tertiary/aromatic N) is 2. The molecule has 0 unspecified atom stereocenters. The topological polar surface area (TPSA) is 37.8 Å². The Morgan fingerprint density at radius 3 is 2.29 bits per heavy atom. The summed E-state index contributed by atoms with van der Waals surface area (Å²) in [5, 5.41) is 4.28. The molecule has 21 heavy (non-hydrogen) atoms. The first-order valence-electron chi connectivity index (χ1n) is 6.92. The first-order valence-corrected chi connectivity index (χ1v) is 7.68. The summed E-state index contributed by atoms with van der Waals surface area (Å²) >= 11 is 12.0. The molecule has 1 heterocycles. The third kappa shape index (κ3) is 4.16. The fourth-order valence-electron chi connectivity index (χ4n) is 2.33. The molecule has 0 amide bonds. The molecule has 0 aliphatic rings. The number of aryl methyl sites for hydroxylation is 2. The predicted octanol–water partition coefficient (Wildman–Crippen LogP) is 3.75. The quantitative estimate of drug-likeness (QED) is 0.910. The molecular formula is C16H19Cl2N3. The van der Waals surface area contributed by atoms with E-state index in [1.54, 1.807) is 6.07 Å². The molecule has 3 nitrogen and oxygen atoms in total. The van der Waals surface area contributed by atoms with E-state index in [0.717, 1.165) is 35.7 Å². The van der Waals surface area contributed by atoms with Gasteiger partial charge in [-0.05, 0) is 57.1 Å². The molecule has 112 valence electrons. The molecular weight excluding hydrogens is 305 g/mol. The Hall–Kier alpha value is -1.16. The van der Waals surface area contributed by atoms with Gasteiger partial charge in [0.25, 0.3) is 0 Å². The van der Waals surface area contributed by atoms with E-state index in [0.29, 0.717) is 16.5 Å². The second-order valence-electron chi connectivity index (χ2n) is 5.07.